The number of halogens is 1. The molecule has 0 heterocycles. The Morgan fingerprint density at radius 2 is 1.75 bits per heavy atom. The van der Waals surface area contributed by atoms with E-state index in [-0.39, 0.29) is 12.4 Å². The Labute approximate surface area is 105 Å². The smallest absolute Gasteiger partial charge is 0.113 e. The Bertz CT molecular complexity index is 282. The van der Waals surface area contributed by atoms with Gasteiger partial charge in [0.1, 0.15) is 6.54 Å². The molecule has 4 heteroatoms. The summed E-state index contributed by atoms with van der Waals surface area (Å²) < 4.78 is 0.517. The molecule has 0 aliphatic carbocycles. The molecule has 92 valence electrons. The fourth-order valence-corrected chi connectivity index (χ4v) is 1.49. The van der Waals surface area contributed by atoms with Gasteiger partial charge in [0.2, 0.25) is 0 Å². The molecule has 0 aromatic heterocycles. The number of likely N-dealkylation sites (N-methyl/N-ethyl adjacent to an activating group) is 2. The van der Waals surface area contributed by atoms with Gasteiger partial charge in [-0.3, -0.25) is 4.59 Å². The molecule has 0 unspecified atom stereocenters. The second-order valence-electron chi connectivity index (χ2n) is 4.42. The lowest BCUT2D eigenvalue weighted by Gasteiger charge is -2.28. The molecular formula is C12H22ClN3. The van der Waals surface area contributed by atoms with Gasteiger partial charge in [-0.05, 0) is 19.1 Å². The maximum absolute atomic E-state index is 5.93. The minimum atomic E-state index is 0. The molecule has 0 bridgehead atoms. The Hall–Kier alpha value is -0.770. The number of hydrogen-bond acceptors (Lipinski definition) is 2. The first-order chi connectivity index (χ1) is 7.03. The molecule has 0 amide bonds. The van der Waals surface area contributed by atoms with Gasteiger partial charge in [0.05, 0.1) is 20.6 Å². The fraction of sp³-hybridized carbons (Fsp3) is 0.500. The van der Waals surface area contributed by atoms with Gasteiger partial charge in [-0.1, -0.05) is 18.2 Å². The van der Waals surface area contributed by atoms with Crippen molar-refractivity contribution in [1.29, 1.82) is 0 Å². The number of rotatable bonds is 5. The van der Waals surface area contributed by atoms with Crippen molar-refractivity contribution < 1.29 is 17.0 Å². The summed E-state index contributed by atoms with van der Waals surface area (Å²) in [5.41, 5.74) is 1.27. The van der Waals surface area contributed by atoms with Crippen molar-refractivity contribution >= 4 is 5.69 Å². The molecule has 0 spiro atoms. The van der Waals surface area contributed by atoms with Crippen LogP contribution in [0.2, 0.25) is 0 Å². The zero-order chi connectivity index (χ0) is 11.3. The van der Waals surface area contributed by atoms with E-state index < -0.39 is 0 Å². The number of hydrogen-bond donors (Lipinski definition) is 1. The number of para-hydroxylation sites is 1. The van der Waals surface area contributed by atoms with Gasteiger partial charge in [-0.2, -0.15) is 5.84 Å². The number of anilines is 1. The summed E-state index contributed by atoms with van der Waals surface area (Å²) in [7, 11) is 4.03. The van der Waals surface area contributed by atoms with Crippen molar-refractivity contribution in [3.05, 3.63) is 30.3 Å². The van der Waals surface area contributed by atoms with Crippen LogP contribution in [0.3, 0.4) is 0 Å². The molecule has 0 saturated heterocycles. The lowest BCUT2D eigenvalue weighted by molar-refractivity contribution is -0.900. The Morgan fingerprint density at radius 1 is 1.19 bits per heavy atom. The van der Waals surface area contributed by atoms with Crippen molar-refractivity contribution in [2.45, 2.75) is 6.92 Å². The summed E-state index contributed by atoms with van der Waals surface area (Å²) >= 11 is 0. The lowest BCUT2D eigenvalue weighted by Crippen LogP contribution is -3.00. The van der Waals surface area contributed by atoms with Crippen LogP contribution in [-0.4, -0.2) is 38.3 Å². The maximum atomic E-state index is 5.93. The largest absolute Gasteiger partial charge is 1.00 e. The molecule has 3 nitrogen and oxygen atoms in total. The highest BCUT2D eigenvalue weighted by Crippen LogP contribution is 2.12. The van der Waals surface area contributed by atoms with Crippen LogP contribution in [0.5, 0.6) is 0 Å². The fourth-order valence-electron chi connectivity index (χ4n) is 1.49. The van der Waals surface area contributed by atoms with Crippen molar-refractivity contribution in [1.82, 2.24) is 0 Å². The topological polar surface area (TPSA) is 29.3 Å². The SMILES string of the molecule is CCN(CC[N+](C)(C)N)c1ccccc1.[Cl-]. The Kier molecular flexibility index (Phi) is 6.41. The number of nitrogens with zero attached hydrogens (tertiary/aromatic N) is 2. The van der Waals surface area contributed by atoms with E-state index in [4.69, 9.17) is 5.84 Å². The van der Waals surface area contributed by atoms with Gasteiger partial charge in [-0.15, -0.1) is 0 Å². The van der Waals surface area contributed by atoms with E-state index in [1.807, 2.05) is 20.2 Å². The second kappa shape index (κ2) is 6.74. The Balaban J connectivity index is 0.00000225. The van der Waals surface area contributed by atoms with Crippen LogP contribution in [0.1, 0.15) is 6.92 Å². The molecule has 0 saturated carbocycles. The standard InChI is InChI=1S/C12H22N3.ClH/c1-4-14(10-11-15(2,3)13)12-8-6-5-7-9-12;/h5-9H,4,10-11,13H2,1-3H3;1H/q+1;/p-1. The predicted molar refractivity (Wildman–Crippen MR) is 65.5 cm³/mol. The van der Waals surface area contributed by atoms with Crippen LogP contribution in [-0.2, 0) is 0 Å². The van der Waals surface area contributed by atoms with E-state index in [9.17, 15) is 0 Å². The van der Waals surface area contributed by atoms with E-state index in [0.29, 0.717) is 4.59 Å². The molecule has 1 aromatic rings. The highest BCUT2D eigenvalue weighted by atomic mass is 35.5. The molecule has 1 aromatic carbocycles. The van der Waals surface area contributed by atoms with Crippen molar-refractivity contribution in [2.24, 2.45) is 5.84 Å². The van der Waals surface area contributed by atoms with Gasteiger partial charge >= 0.3 is 0 Å². The van der Waals surface area contributed by atoms with Crippen LogP contribution in [0.15, 0.2) is 30.3 Å². The van der Waals surface area contributed by atoms with Crippen LogP contribution in [0, 0.1) is 0 Å². The second-order valence-corrected chi connectivity index (χ2v) is 4.42. The van der Waals surface area contributed by atoms with E-state index in [1.54, 1.807) is 0 Å². The molecule has 0 aliphatic heterocycles. The van der Waals surface area contributed by atoms with Crippen LogP contribution in [0.25, 0.3) is 0 Å². The number of quaternary nitrogens is 1. The minimum absolute atomic E-state index is 0. The summed E-state index contributed by atoms with van der Waals surface area (Å²) in [4.78, 5) is 2.34. The van der Waals surface area contributed by atoms with Gasteiger partial charge in [0.25, 0.3) is 0 Å². The molecule has 0 fully saturated rings. The zero-order valence-corrected chi connectivity index (χ0v) is 11.1. The van der Waals surface area contributed by atoms with Gasteiger partial charge in [-0.25, -0.2) is 0 Å². The molecule has 1 rings (SSSR count). The van der Waals surface area contributed by atoms with Crippen molar-refractivity contribution in [3.8, 4) is 0 Å². The monoisotopic (exact) mass is 243 g/mol. The first kappa shape index (κ1) is 15.2. The molecule has 0 atom stereocenters. The van der Waals surface area contributed by atoms with E-state index in [0.717, 1.165) is 19.6 Å². The van der Waals surface area contributed by atoms with Crippen LogP contribution >= 0.6 is 0 Å². The van der Waals surface area contributed by atoms with Crippen molar-refractivity contribution in [2.75, 3.05) is 38.6 Å². The highest BCUT2D eigenvalue weighted by Gasteiger charge is 2.11. The van der Waals surface area contributed by atoms with E-state index in [2.05, 4.69) is 36.1 Å². The van der Waals surface area contributed by atoms with E-state index >= 15 is 0 Å². The summed E-state index contributed by atoms with van der Waals surface area (Å²) in [5, 5.41) is 0. The summed E-state index contributed by atoms with van der Waals surface area (Å²) in [6.45, 7) is 5.13. The summed E-state index contributed by atoms with van der Waals surface area (Å²) in [6, 6.07) is 10.5. The third kappa shape index (κ3) is 5.35. The quantitative estimate of drug-likeness (QED) is 0.386. The normalized spacial score (nSPS) is 10.8. The molecule has 0 aliphatic rings. The van der Waals surface area contributed by atoms with Gasteiger partial charge in [0, 0.05) is 12.2 Å². The van der Waals surface area contributed by atoms with Crippen LogP contribution in [0.4, 0.5) is 5.69 Å². The molecule has 0 radical (unpaired) electrons. The van der Waals surface area contributed by atoms with Gasteiger partial charge < -0.3 is 17.3 Å². The number of benzene rings is 1. The average molecular weight is 244 g/mol. The highest BCUT2D eigenvalue weighted by molar-refractivity contribution is 5.45. The first-order valence-corrected chi connectivity index (χ1v) is 5.44. The molecule has 2 N–H and O–H groups in total. The minimum Gasteiger partial charge on any atom is -1.00 e. The lowest BCUT2D eigenvalue weighted by atomic mass is 10.3. The van der Waals surface area contributed by atoms with Gasteiger partial charge in [0.15, 0.2) is 0 Å². The Morgan fingerprint density at radius 3 is 2.19 bits per heavy atom. The maximum Gasteiger partial charge on any atom is 0.113 e. The summed E-state index contributed by atoms with van der Waals surface area (Å²) in [6.07, 6.45) is 0. The first-order valence-electron chi connectivity index (χ1n) is 5.44. The molecular weight excluding hydrogens is 222 g/mol. The van der Waals surface area contributed by atoms with E-state index in [1.165, 1.54) is 5.69 Å². The predicted octanol–water partition coefficient (Wildman–Crippen LogP) is -1.53. The zero-order valence-electron chi connectivity index (χ0n) is 10.4. The number of nitrogens with two attached hydrogens (primary N) is 1. The van der Waals surface area contributed by atoms with Crippen LogP contribution < -0.4 is 23.1 Å². The summed E-state index contributed by atoms with van der Waals surface area (Å²) in [5.74, 6) is 5.93. The van der Waals surface area contributed by atoms with Crippen molar-refractivity contribution in [3.63, 3.8) is 0 Å². The molecule has 16 heavy (non-hydrogen) atoms. The average Bonchev–Trinajstić information content (AvgIpc) is 2.19. The third-order valence-corrected chi connectivity index (χ3v) is 2.45. The third-order valence-electron chi connectivity index (χ3n) is 2.45.